The van der Waals surface area contributed by atoms with Gasteiger partial charge in [-0.25, -0.2) is 4.79 Å². The predicted octanol–water partition coefficient (Wildman–Crippen LogP) is 0.891. The van der Waals surface area contributed by atoms with E-state index in [1.807, 2.05) is 0 Å². The van der Waals surface area contributed by atoms with Crippen molar-refractivity contribution >= 4 is 17.7 Å². The van der Waals surface area contributed by atoms with Gasteiger partial charge in [0, 0.05) is 6.20 Å². The van der Waals surface area contributed by atoms with Crippen LogP contribution in [-0.2, 0) is 4.79 Å². The Hall–Kier alpha value is -2.26. The number of aromatic nitrogens is 2. The summed E-state index contributed by atoms with van der Waals surface area (Å²) in [4.78, 5) is 22.0. The first kappa shape index (κ1) is 13.8. The fourth-order valence-corrected chi connectivity index (χ4v) is 1.10. The summed E-state index contributed by atoms with van der Waals surface area (Å²) in [5.41, 5.74) is 0.137. The molecule has 10 heteroatoms. The standard InChI is InChI=1S/C8H9F3N4O3/c9-8(10,11)4-15(3-6(16)17)7(18)14-5-1-12-13-2-5/h1-2H,3-4H2,(H,12,13)(H,14,18)(H,16,17). The molecule has 0 atom stereocenters. The van der Waals surface area contributed by atoms with Crippen LogP contribution in [0.2, 0.25) is 0 Å². The molecule has 1 rings (SSSR count). The van der Waals surface area contributed by atoms with Gasteiger partial charge in [0.25, 0.3) is 0 Å². The van der Waals surface area contributed by atoms with E-state index in [2.05, 4.69) is 15.5 Å². The lowest BCUT2D eigenvalue weighted by molar-refractivity contribution is -0.148. The fourth-order valence-electron chi connectivity index (χ4n) is 1.10. The first-order valence-corrected chi connectivity index (χ1v) is 4.61. The number of halogens is 3. The largest absolute Gasteiger partial charge is 0.480 e. The molecule has 0 spiro atoms. The lowest BCUT2D eigenvalue weighted by Gasteiger charge is -2.21. The van der Waals surface area contributed by atoms with Gasteiger partial charge >= 0.3 is 18.2 Å². The third kappa shape index (κ3) is 4.72. The fraction of sp³-hybridized carbons (Fsp3) is 0.375. The van der Waals surface area contributed by atoms with Gasteiger partial charge in [-0.1, -0.05) is 0 Å². The first-order valence-electron chi connectivity index (χ1n) is 4.61. The second-order valence-electron chi connectivity index (χ2n) is 3.28. The lowest BCUT2D eigenvalue weighted by Crippen LogP contribution is -2.44. The molecule has 0 fully saturated rings. The summed E-state index contributed by atoms with van der Waals surface area (Å²) in [6.07, 6.45) is -2.27. The molecule has 2 amide bonds. The Labute approximate surface area is 98.6 Å². The maximum Gasteiger partial charge on any atom is 0.406 e. The van der Waals surface area contributed by atoms with Crippen LogP contribution in [0, 0.1) is 0 Å². The minimum atomic E-state index is -4.68. The van der Waals surface area contributed by atoms with Gasteiger partial charge in [0.1, 0.15) is 13.1 Å². The van der Waals surface area contributed by atoms with Gasteiger partial charge in [0.05, 0.1) is 11.9 Å². The van der Waals surface area contributed by atoms with Gasteiger partial charge in [-0.15, -0.1) is 0 Å². The number of carboxylic acids is 1. The number of aromatic amines is 1. The number of alkyl halides is 3. The molecule has 18 heavy (non-hydrogen) atoms. The molecule has 0 aliphatic carbocycles. The van der Waals surface area contributed by atoms with Crippen LogP contribution in [-0.4, -0.2) is 51.5 Å². The number of aliphatic carboxylic acids is 1. The van der Waals surface area contributed by atoms with Gasteiger partial charge < -0.3 is 15.3 Å². The van der Waals surface area contributed by atoms with Crippen molar-refractivity contribution in [3.05, 3.63) is 12.4 Å². The zero-order valence-electron chi connectivity index (χ0n) is 8.86. The van der Waals surface area contributed by atoms with Crippen molar-refractivity contribution in [3.8, 4) is 0 Å². The highest BCUT2D eigenvalue weighted by Gasteiger charge is 2.34. The quantitative estimate of drug-likeness (QED) is 0.753. The maximum atomic E-state index is 12.2. The van der Waals surface area contributed by atoms with Crippen molar-refractivity contribution in [2.75, 3.05) is 18.4 Å². The van der Waals surface area contributed by atoms with E-state index in [0.29, 0.717) is 0 Å². The summed E-state index contributed by atoms with van der Waals surface area (Å²) in [6.45, 7) is -2.70. The van der Waals surface area contributed by atoms with Crippen LogP contribution in [0.15, 0.2) is 12.4 Å². The van der Waals surface area contributed by atoms with Crippen LogP contribution in [0.4, 0.5) is 23.7 Å². The van der Waals surface area contributed by atoms with Gasteiger partial charge in [-0.05, 0) is 0 Å². The van der Waals surface area contributed by atoms with Gasteiger partial charge in [0.15, 0.2) is 0 Å². The van der Waals surface area contributed by atoms with Crippen molar-refractivity contribution in [1.29, 1.82) is 0 Å². The molecule has 3 N–H and O–H groups in total. The van der Waals surface area contributed by atoms with E-state index in [1.54, 1.807) is 0 Å². The lowest BCUT2D eigenvalue weighted by atomic mass is 10.4. The Balaban J connectivity index is 2.69. The van der Waals surface area contributed by atoms with Crippen LogP contribution in [0.1, 0.15) is 0 Å². The third-order valence-corrected chi connectivity index (χ3v) is 1.73. The number of urea groups is 1. The number of anilines is 1. The number of rotatable bonds is 4. The molecule has 0 aromatic carbocycles. The van der Waals surface area contributed by atoms with E-state index in [4.69, 9.17) is 5.11 Å². The predicted molar refractivity (Wildman–Crippen MR) is 52.9 cm³/mol. The number of nitrogens with zero attached hydrogens (tertiary/aromatic N) is 2. The summed E-state index contributed by atoms with van der Waals surface area (Å²) in [6, 6.07) is -1.17. The van der Waals surface area contributed by atoms with Crippen molar-refractivity contribution in [2.24, 2.45) is 0 Å². The highest BCUT2D eigenvalue weighted by Crippen LogP contribution is 2.17. The average Bonchev–Trinajstić information content (AvgIpc) is 2.66. The van der Waals surface area contributed by atoms with Crippen LogP contribution < -0.4 is 5.32 Å². The second kappa shape index (κ2) is 5.38. The Bertz CT molecular complexity index is 418. The summed E-state index contributed by atoms with van der Waals surface area (Å²) >= 11 is 0. The molecule has 0 saturated carbocycles. The molecule has 0 saturated heterocycles. The Morgan fingerprint density at radius 1 is 1.50 bits per heavy atom. The number of carboxylic acid groups (broad SMARTS) is 1. The number of H-pyrrole nitrogens is 1. The SMILES string of the molecule is O=C(O)CN(CC(F)(F)F)C(=O)Nc1cn[nH]c1. The zero-order chi connectivity index (χ0) is 13.8. The molecular weight excluding hydrogens is 257 g/mol. The number of carbonyl (C=O) groups excluding carboxylic acids is 1. The monoisotopic (exact) mass is 266 g/mol. The molecule has 1 aromatic heterocycles. The molecule has 0 aliphatic heterocycles. The number of hydrogen-bond donors (Lipinski definition) is 3. The Morgan fingerprint density at radius 2 is 2.17 bits per heavy atom. The minimum absolute atomic E-state index is 0.134. The van der Waals surface area contributed by atoms with Crippen LogP contribution in [0.25, 0.3) is 0 Å². The molecule has 100 valence electrons. The van der Waals surface area contributed by atoms with Crippen molar-refractivity contribution < 1.29 is 27.9 Å². The zero-order valence-corrected chi connectivity index (χ0v) is 8.86. The normalized spacial score (nSPS) is 11.1. The number of hydrogen-bond acceptors (Lipinski definition) is 3. The van der Waals surface area contributed by atoms with Gasteiger partial charge in [-0.3, -0.25) is 9.89 Å². The number of amides is 2. The van der Waals surface area contributed by atoms with Crippen molar-refractivity contribution in [2.45, 2.75) is 6.18 Å². The second-order valence-corrected chi connectivity index (χ2v) is 3.28. The molecule has 0 unspecified atom stereocenters. The summed E-state index contributed by atoms with van der Waals surface area (Å²) < 4.78 is 36.5. The van der Waals surface area contributed by atoms with E-state index in [9.17, 15) is 22.8 Å². The summed E-state index contributed by atoms with van der Waals surface area (Å²) in [7, 11) is 0. The van der Waals surface area contributed by atoms with E-state index in [1.165, 1.54) is 12.4 Å². The van der Waals surface area contributed by atoms with Crippen LogP contribution >= 0.6 is 0 Å². The molecule has 1 heterocycles. The Kier molecular flexibility index (Phi) is 4.13. The first-order chi connectivity index (χ1) is 8.28. The summed E-state index contributed by atoms with van der Waals surface area (Å²) in [5, 5.41) is 16.3. The molecule has 1 aromatic rings. The van der Waals surface area contributed by atoms with E-state index < -0.39 is 31.3 Å². The maximum absolute atomic E-state index is 12.2. The minimum Gasteiger partial charge on any atom is -0.480 e. The van der Waals surface area contributed by atoms with E-state index in [-0.39, 0.29) is 10.6 Å². The van der Waals surface area contributed by atoms with Crippen LogP contribution in [0.5, 0.6) is 0 Å². The molecule has 0 aliphatic rings. The number of nitrogens with one attached hydrogen (secondary N) is 2. The highest BCUT2D eigenvalue weighted by atomic mass is 19.4. The average molecular weight is 266 g/mol. The molecule has 0 bridgehead atoms. The van der Waals surface area contributed by atoms with Crippen molar-refractivity contribution in [3.63, 3.8) is 0 Å². The van der Waals surface area contributed by atoms with E-state index >= 15 is 0 Å². The van der Waals surface area contributed by atoms with Gasteiger partial charge in [0.2, 0.25) is 0 Å². The summed E-state index contributed by atoms with van der Waals surface area (Å²) in [5.74, 6) is -1.54. The van der Waals surface area contributed by atoms with Gasteiger partial charge in [-0.2, -0.15) is 18.3 Å². The van der Waals surface area contributed by atoms with E-state index in [0.717, 1.165) is 0 Å². The smallest absolute Gasteiger partial charge is 0.406 e. The third-order valence-electron chi connectivity index (χ3n) is 1.73. The van der Waals surface area contributed by atoms with Crippen LogP contribution in [0.3, 0.4) is 0 Å². The molecular formula is C8H9F3N4O3. The van der Waals surface area contributed by atoms with Crippen molar-refractivity contribution in [1.82, 2.24) is 15.1 Å². The Morgan fingerprint density at radius 3 is 2.61 bits per heavy atom. The number of carbonyl (C=O) groups is 2. The molecule has 0 radical (unpaired) electrons. The highest BCUT2D eigenvalue weighted by molar-refractivity contribution is 5.91. The topological polar surface area (TPSA) is 98.3 Å². The molecule has 7 nitrogen and oxygen atoms in total.